The van der Waals surface area contributed by atoms with E-state index in [-0.39, 0.29) is 0 Å². The standard InChI is InChI=1S/C10H11Br3O/c1-2-3-9(14)10-7(12)4-6(11)5-8(10)13/h4-5,9,14H,2-3H2,1H3. The lowest BCUT2D eigenvalue weighted by Crippen LogP contribution is -1.99. The third-order valence-electron chi connectivity index (χ3n) is 1.94. The minimum Gasteiger partial charge on any atom is -0.388 e. The smallest absolute Gasteiger partial charge is 0.0811 e. The molecule has 78 valence electrons. The molecule has 0 aliphatic carbocycles. The lowest BCUT2D eigenvalue weighted by atomic mass is 10.1. The monoisotopic (exact) mass is 384 g/mol. The van der Waals surface area contributed by atoms with Gasteiger partial charge in [-0.05, 0) is 18.6 Å². The van der Waals surface area contributed by atoms with Crippen molar-refractivity contribution in [2.75, 3.05) is 0 Å². The van der Waals surface area contributed by atoms with Crippen LogP contribution in [0.5, 0.6) is 0 Å². The number of rotatable bonds is 3. The zero-order valence-corrected chi connectivity index (χ0v) is 12.5. The van der Waals surface area contributed by atoms with Crippen LogP contribution >= 0.6 is 47.8 Å². The highest BCUT2D eigenvalue weighted by atomic mass is 79.9. The molecule has 0 radical (unpaired) electrons. The molecule has 0 saturated heterocycles. The molecule has 1 aromatic rings. The first-order chi connectivity index (χ1) is 6.56. The summed E-state index contributed by atoms with van der Waals surface area (Å²) in [5.41, 5.74) is 0.926. The van der Waals surface area contributed by atoms with Gasteiger partial charge in [0.1, 0.15) is 0 Å². The maximum absolute atomic E-state index is 9.90. The quantitative estimate of drug-likeness (QED) is 0.790. The molecule has 1 nitrogen and oxygen atoms in total. The highest BCUT2D eigenvalue weighted by Crippen LogP contribution is 2.35. The number of aliphatic hydroxyl groups is 1. The van der Waals surface area contributed by atoms with Gasteiger partial charge in [0, 0.05) is 19.0 Å². The van der Waals surface area contributed by atoms with Gasteiger partial charge in [0.15, 0.2) is 0 Å². The summed E-state index contributed by atoms with van der Waals surface area (Å²) in [6, 6.07) is 3.89. The van der Waals surface area contributed by atoms with Gasteiger partial charge in [-0.15, -0.1) is 0 Å². The predicted molar refractivity (Wildman–Crippen MR) is 69.4 cm³/mol. The van der Waals surface area contributed by atoms with Crippen molar-refractivity contribution in [1.29, 1.82) is 0 Å². The Balaban J connectivity index is 3.07. The van der Waals surface area contributed by atoms with Gasteiger partial charge >= 0.3 is 0 Å². The highest BCUT2D eigenvalue weighted by Gasteiger charge is 2.14. The molecule has 0 aromatic heterocycles. The van der Waals surface area contributed by atoms with Crippen LogP contribution in [0.1, 0.15) is 31.4 Å². The van der Waals surface area contributed by atoms with Gasteiger partial charge in [0.25, 0.3) is 0 Å². The largest absolute Gasteiger partial charge is 0.388 e. The fourth-order valence-electron chi connectivity index (χ4n) is 1.29. The van der Waals surface area contributed by atoms with Crippen molar-refractivity contribution < 1.29 is 5.11 Å². The third kappa shape index (κ3) is 3.05. The summed E-state index contributed by atoms with van der Waals surface area (Å²) in [6.07, 6.45) is 1.34. The Kier molecular flexibility index (Phi) is 5.11. The van der Waals surface area contributed by atoms with Crippen LogP contribution in [0.25, 0.3) is 0 Å². The summed E-state index contributed by atoms with van der Waals surface area (Å²) in [5, 5.41) is 9.90. The zero-order chi connectivity index (χ0) is 10.7. The first-order valence-electron chi connectivity index (χ1n) is 4.38. The molecule has 1 rings (SSSR count). The average Bonchev–Trinajstić information content (AvgIpc) is 2.01. The van der Waals surface area contributed by atoms with E-state index in [9.17, 15) is 5.11 Å². The van der Waals surface area contributed by atoms with Gasteiger partial charge in [0.2, 0.25) is 0 Å². The van der Waals surface area contributed by atoms with Crippen LogP contribution in [0.3, 0.4) is 0 Å². The molecule has 1 unspecified atom stereocenters. The fourth-order valence-corrected chi connectivity index (χ4v) is 4.08. The summed E-state index contributed by atoms with van der Waals surface area (Å²) in [7, 11) is 0. The minimum atomic E-state index is -0.406. The lowest BCUT2D eigenvalue weighted by molar-refractivity contribution is 0.165. The summed E-state index contributed by atoms with van der Waals surface area (Å²) < 4.78 is 2.85. The molecule has 4 heteroatoms. The zero-order valence-electron chi connectivity index (χ0n) is 7.73. The first kappa shape index (κ1) is 12.7. The second-order valence-electron chi connectivity index (χ2n) is 3.09. The summed E-state index contributed by atoms with van der Waals surface area (Å²) in [4.78, 5) is 0. The highest BCUT2D eigenvalue weighted by molar-refractivity contribution is 9.11. The van der Waals surface area contributed by atoms with E-state index < -0.39 is 6.10 Å². The van der Waals surface area contributed by atoms with Gasteiger partial charge in [-0.1, -0.05) is 61.1 Å². The van der Waals surface area contributed by atoms with Crippen LogP contribution in [0.15, 0.2) is 25.6 Å². The van der Waals surface area contributed by atoms with Crippen molar-refractivity contribution in [2.45, 2.75) is 25.9 Å². The molecule has 0 spiro atoms. The molecule has 0 saturated carbocycles. The summed E-state index contributed by atoms with van der Waals surface area (Å²) >= 11 is 10.3. The Morgan fingerprint density at radius 1 is 1.21 bits per heavy atom. The SMILES string of the molecule is CCCC(O)c1c(Br)cc(Br)cc1Br. The van der Waals surface area contributed by atoms with E-state index in [0.29, 0.717) is 0 Å². The van der Waals surface area contributed by atoms with Gasteiger partial charge in [-0.25, -0.2) is 0 Å². The Morgan fingerprint density at radius 2 is 1.71 bits per heavy atom. The van der Waals surface area contributed by atoms with Crippen LogP contribution in [-0.4, -0.2) is 5.11 Å². The van der Waals surface area contributed by atoms with Crippen LogP contribution in [0.2, 0.25) is 0 Å². The van der Waals surface area contributed by atoms with Crippen LogP contribution in [-0.2, 0) is 0 Å². The van der Waals surface area contributed by atoms with Crippen molar-refractivity contribution in [2.24, 2.45) is 0 Å². The molecular weight excluding hydrogens is 376 g/mol. The molecular formula is C10H11Br3O. The Morgan fingerprint density at radius 3 is 2.14 bits per heavy atom. The van der Waals surface area contributed by atoms with Gasteiger partial charge < -0.3 is 5.11 Å². The number of halogens is 3. The minimum absolute atomic E-state index is 0.406. The van der Waals surface area contributed by atoms with Gasteiger partial charge in [-0.3, -0.25) is 0 Å². The van der Waals surface area contributed by atoms with Crippen molar-refractivity contribution in [3.8, 4) is 0 Å². The van der Waals surface area contributed by atoms with Crippen molar-refractivity contribution >= 4 is 47.8 Å². The van der Waals surface area contributed by atoms with E-state index in [1.807, 2.05) is 12.1 Å². The van der Waals surface area contributed by atoms with Gasteiger partial charge in [-0.2, -0.15) is 0 Å². The molecule has 14 heavy (non-hydrogen) atoms. The second-order valence-corrected chi connectivity index (χ2v) is 5.71. The van der Waals surface area contributed by atoms with E-state index in [4.69, 9.17) is 0 Å². The van der Waals surface area contributed by atoms with Crippen molar-refractivity contribution in [3.63, 3.8) is 0 Å². The molecule has 1 N–H and O–H groups in total. The molecule has 0 aliphatic rings. The van der Waals surface area contributed by atoms with E-state index in [2.05, 4.69) is 54.7 Å². The molecule has 0 bridgehead atoms. The number of benzene rings is 1. The van der Waals surface area contributed by atoms with Crippen LogP contribution in [0.4, 0.5) is 0 Å². The Bertz CT molecular complexity index is 302. The fraction of sp³-hybridized carbons (Fsp3) is 0.400. The number of hydrogen-bond acceptors (Lipinski definition) is 1. The predicted octanol–water partition coefficient (Wildman–Crippen LogP) is 4.81. The number of aliphatic hydroxyl groups excluding tert-OH is 1. The average molecular weight is 387 g/mol. The van der Waals surface area contributed by atoms with Crippen molar-refractivity contribution in [1.82, 2.24) is 0 Å². The van der Waals surface area contributed by atoms with Crippen molar-refractivity contribution in [3.05, 3.63) is 31.1 Å². The van der Waals surface area contributed by atoms with E-state index >= 15 is 0 Å². The van der Waals surface area contributed by atoms with Crippen LogP contribution < -0.4 is 0 Å². The summed E-state index contributed by atoms with van der Waals surface area (Å²) in [5.74, 6) is 0. The van der Waals surface area contributed by atoms with E-state index in [1.165, 1.54) is 0 Å². The van der Waals surface area contributed by atoms with Gasteiger partial charge in [0.05, 0.1) is 6.10 Å². The Labute approximate surface area is 109 Å². The maximum atomic E-state index is 9.90. The molecule has 1 atom stereocenters. The Hall–Kier alpha value is 0.620. The lowest BCUT2D eigenvalue weighted by Gasteiger charge is -2.14. The van der Waals surface area contributed by atoms with E-state index in [0.717, 1.165) is 31.8 Å². The molecule has 0 fully saturated rings. The number of hydrogen-bond donors (Lipinski definition) is 1. The molecule has 0 aliphatic heterocycles. The maximum Gasteiger partial charge on any atom is 0.0811 e. The first-order valence-corrected chi connectivity index (χ1v) is 6.76. The topological polar surface area (TPSA) is 20.2 Å². The second kappa shape index (κ2) is 5.64. The molecule has 0 amide bonds. The summed E-state index contributed by atoms with van der Waals surface area (Å²) in [6.45, 7) is 2.06. The normalized spacial score (nSPS) is 12.9. The van der Waals surface area contributed by atoms with Crippen LogP contribution in [0, 0.1) is 0 Å². The van der Waals surface area contributed by atoms with E-state index in [1.54, 1.807) is 0 Å². The molecule has 1 aromatic carbocycles. The molecule has 0 heterocycles. The third-order valence-corrected chi connectivity index (χ3v) is 3.71.